The van der Waals surface area contributed by atoms with Crippen LogP contribution in [0, 0.1) is 18.8 Å². The van der Waals surface area contributed by atoms with Crippen molar-refractivity contribution in [3.8, 4) is 0 Å². The Morgan fingerprint density at radius 2 is 2.00 bits per heavy atom. The van der Waals surface area contributed by atoms with Crippen molar-refractivity contribution in [3.63, 3.8) is 0 Å². The Bertz CT molecular complexity index is 1210. The summed E-state index contributed by atoms with van der Waals surface area (Å²) in [6, 6.07) is 5.49. The highest BCUT2D eigenvalue weighted by atomic mass is 35.5. The van der Waals surface area contributed by atoms with Crippen LogP contribution in [0.2, 0.25) is 5.02 Å². The highest BCUT2D eigenvalue weighted by Gasteiger charge is 2.29. The van der Waals surface area contributed by atoms with Crippen molar-refractivity contribution in [1.29, 1.82) is 0 Å². The van der Waals surface area contributed by atoms with Crippen molar-refractivity contribution in [2.45, 2.75) is 39.8 Å². The van der Waals surface area contributed by atoms with E-state index < -0.39 is 0 Å². The fraction of sp³-hybridized carbons (Fsp3) is 0.286. The minimum absolute atomic E-state index is 0.126. The molecule has 2 heterocycles. The summed E-state index contributed by atoms with van der Waals surface area (Å²) < 4.78 is 5.73. The molecule has 0 radical (unpaired) electrons. The largest absolute Gasteiger partial charge is 0.464 e. The first kappa shape index (κ1) is 19.7. The predicted molar refractivity (Wildman–Crippen MR) is 117 cm³/mol. The van der Waals surface area contributed by atoms with E-state index in [2.05, 4.69) is 24.8 Å². The molecule has 1 aromatic heterocycles. The van der Waals surface area contributed by atoms with Gasteiger partial charge in [0.05, 0.1) is 27.9 Å². The van der Waals surface area contributed by atoms with Crippen LogP contribution in [-0.4, -0.2) is 5.91 Å². The number of aryl methyl sites for hydroxylation is 2. The van der Waals surface area contributed by atoms with E-state index in [9.17, 15) is 9.59 Å². The zero-order chi connectivity index (χ0) is 20.9. The summed E-state index contributed by atoms with van der Waals surface area (Å²) in [7, 11) is 3.41. The Kier molecular flexibility index (Phi) is 5.01. The van der Waals surface area contributed by atoms with Gasteiger partial charge in [-0.2, -0.15) is 0 Å². The first-order chi connectivity index (χ1) is 13.8. The molecule has 0 aliphatic carbocycles. The molecule has 1 amide bonds. The second kappa shape index (κ2) is 7.36. The summed E-state index contributed by atoms with van der Waals surface area (Å²) in [4.78, 5) is 25.3. The van der Waals surface area contributed by atoms with Crippen molar-refractivity contribution in [3.05, 3.63) is 66.6 Å². The average molecular weight is 430 g/mol. The predicted octanol–water partition coefficient (Wildman–Crippen LogP) is 5.01. The van der Waals surface area contributed by atoms with E-state index in [1.807, 2.05) is 39.0 Å². The van der Waals surface area contributed by atoms with Gasteiger partial charge >= 0.3 is 0 Å². The van der Waals surface area contributed by atoms with Crippen molar-refractivity contribution in [2.75, 3.05) is 10.6 Å². The smallest absolute Gasteiger partial charge is 0.254 e. The Morgan fingerprint density at radius 3 is 2.66 bits per heavy atom. The molecule has 2 aromatic carbocycles. The van der Waals surface area contributed by atoms with Gasteiger partial charge in [0, 0.05) is 17.1 Å². The molecule has 4 rings (SSSR count). The number of halogens is 1. The van der Waals surface area contributed by atoms with E-state index in [-0.39, 0.29) is 17.4 Å². The van der Waals surface area contributed by atoms with Gasteiger partial charge in [-0.3, -0.25) is 9.59 Å². The molecule has 0 bridgehead atoms. The summed E-state index contributed by atoms with van der Waals surface area (Å²) in [6.45, 7) is 6.18. The van der Waals surface area contributed by atoms with Gasteiger partial charge in [0.1, 0.15) is 17.2 Å². The molecule has 3 aromatic rings. The normalized spacial score (nSPS) is 14.0. The standard InChI is InChI=1S/C21H21ClN3O3P/c1-4-13(14-6-5-10(3)28-14)24-17-18(20(29)19(17)26)25-16-9(2)7-12(22)11-8-23-21(27)15(11)16/h5-7,13,24-25,29H,4,8H2,1-3H3,(H,23,27)/t13-/m1/s1. The molecule has 8 heteroatoms. The molecule has 0 fully saturated rings. The van der Waals surface area contributed by atoms with Crippen LogP contribution in [-0.2, 0) is 6.54 Å². The molecular formula is C21H21ClN3O3P. The van der Waals surface area contributed by atoms with Gasteiger partial charge in [0.2, 0.25) is 5.43 Å². The maximum Gasteiger partial charge on any atom is 0.254 e. The van der Waals surface area contributed by atoms with Gasteiger partial charge in [0.25, 0.3) is 5.91 Å². The Labute approximate surface area is 175 Å². The fourth-order valence-corrected chi connectivity index (χ4v) is 4.29. The van der Waals surface area contributed by atoms with E-state index in [4.69, 9.17) is 16.0 Å². The summed E-state index contributed by atoms with van der Waals surface area (Å²) >= 11 is 6.31. The number of carbonyl (C=O) groups excluding carboxylic acids is 1. The Balaban J connectivity index is 1.70. The summed E-state index contributed by atoms with van der Waals surface area (Å²) in [5.41, 5.74) is 3.70. The molecule has 3 N–H and O–H groups in total. The van der Waals surface area contributed by atoms with Gasteiger partial charge < -0.3 is 20.4 Å². The zero-order valence-corrected chi connectivity index (χ0v) is 18.1. The number of fused-ring (bicyclic) bond motifs is 1. The van der Waals surface area contributed by atoms with E-state index in [1.54, 1.807) is 0 Å². The molecule has 1 aliphatic heterocycles. The number of amides is 1. The zero-order valence-electron chi connectivity index (χ0n) is 16.3. The Hall–Kier alpha value is -2.56. The second-order valence-corrected chi connectivity index (χ2v) is 8.13. The van der Waals surface area contributed by atoms with Crippen LogP contribution in [0.4, 0.5) is 17.1 Å². The average Bonchev–Trinajstić information content (AvgIpc) is 3.29. The van der Waals surface area contributed by atoms with Gasteiger partial charge in [-0.15, -0.1) is 8.86 Å². The molecule has 6 nitrogen and oxygen atoms in total. The molecule has 0 spiro atoms. The van der Waals surface area contributed by atoms with Gasteiger partial charge in [-0.05, 0) is 44.0 Å². The summed E-state index contributed by atoms with van der Waals surface area (Å²) in [6.07, 6.45) is 0.742. The van der Waals surface area contributed by atoms with Crippen LogP contribution < -0.4 is 21.4 Å². The van der Waals surface area contributed by atoms with Gasteiger partial charge in [-0.1, -0.05) is 18.5 Å². The minimum atomic E-state index is -0.179. The van der Waals surface area contributed by atoms with Crippen molar-refractivity contribution in [1.82, 2.24) is 5.32 Å². The highest BCUT2D eigenvalue weighted by molar-refractivity contribution is 7.07. The first-order valence-electron chi connectivity index (χ1n) is 9.39. The Morgan fingerprint density at radius 1 is 1.24 bits per heavy atom. The maximum atomic E-state index is 12.5. The molecule has 29 heavy (non-hydrogen) atoms. The van der Waals surface area contributed by atoms with E-state index in [0.29, 0.717) is 39.1 Å². The second-order valence-electron chi connectivity index (χ2n) is 7.22. The van der Waals surface area contributed by atoms with Crippen LogP contribution in [0.5, 0.6) is 0 Å². The molecule has 1 aliphatic rings. The number of benzene rings is 1. The van der Waals surface area contributed by atoms with Crippen LogP contribution in [0.15, 0.2) is 27.4 Å². The number of hydrogen-bond donors (Lipinski definition) is 3. The number of hydrogen-bond acceptors (Lipinski definition) is 5. The molecule has 0 saturated carbocycles. The van der Waals surface area contributed by atoms with Crippen molar-refractivity contribution < 1.29 is 9.21 Å². The van der Waals surface area contributed by atoms with Crippen molar-refractivity contribution >= 4 is 43.4 Å². The number of carbonyl (C=O) groups is 1. The van der Waals surface area contributed by atoms with Crippen molar-refractivity contribution in [2.24, 2.45) is 0 Å². The van der Waals surface area contributed by atoms with Crippen LogP contribution >= 0.6 is 20.5 Å². The van der Waals surface area contributed by atoms with Gasteiger partial charge in [0.15, 0.2) is 0 Å². The molecule has 150 valence electrons. The van der Waals surface area contributed by atoms with E-state index in [1.165, 1.54) is 0 Å². The van der Waals surface area contributed by atoms with Crippen LogP contribution in [0.3, 0.4) is 0 Å². The first-order valence-corrected chi connectivity index (χ1v) is 10.3. The summed E-state index contributed by atoms with van der Waals surface area (Å²) in [5.74, 6) is 1.41. The molecule has 0 unspecified atom stereocenters. The lowest BCUT2D eigenvalue weighted by Gasteiger charge is -2.23. The number of furan rings is 1. The van der Waals surface area contributed by atoms with Crippen LogP contribution in [0.1, 0.15) is 52.4 Å². The van der Waals surface area contributed by atoms with E-state index >= 15 is 0 Å². The quantitative estimate of drug-likeness (QED) is 0.480. The molecule has 1 atom stereocenters. The SMILES string of the molecule is CC[C@@H](Nc1c(Nc2c(C)cc(Cl)c3c2C(=O)NC3)c(=P)c1=O)c1ccc(C)o1. The van der Waals surface area contributed by atoms with Gasteiger partial charge in [-0.25, -0.2) is 0 Å². The lowest BCUT2D eigenvalue weighted by molar-refractivity contribution is 0.0966. The topological polar surface area (TPSA) is 83.4 Å². The fourth-order valence-electron chi connectivity index (χ4n) is 3.65. The lowest BCUT2D eigenvalue weighted by Crippen LogP contribution is -2.23. The highest BCUT2D eigenvalue weighted by Crippen LogP contribution is 2.38. The summed E-state index contributed by atoms with van der Waals surface area (Å²) in [5, 5.41) is 9.93. The third-order valence-electron chi connectivity index (χ3n) is 5.27. The number of rotatable bonds is 6. The number of anilines is 3. The van der Waals surface area contributed by atoms with E-state index in [0.717, 1.165) is 29.1 Å². The maximum absolute atomic E-state index is 12.5. The molecule has 0 saturated heterocycles. The third kappa shape index (κ3) is 3.26. The third-order valence-corrected chi connectivity index (χ3v) is 6.08. The molecular weight excluding hydrogens is 409 g/mol. The number of nitrogens with one attached hydrogen (secondary N) is 3. The monoisotopic (exact) mass is 429 g/mol. The lowest BCUT2D eigenvalue weighted by atomic mass is 10.0. The van der Waals surface area contributed by atoms with Crippen LogP contribution in [0.25, 0.3) is 0 Å². The minimum Gasteiger partial charge on any atom is -0.464 e.